The molecule has 58 heavy (non-hydrogen) atoms. The normalized spacial score (nSPS) is 12.9. The summed E-state index contributed by atoms with van der Waals surface area (Å²) in [4.78, 5) is 108. The number of aromatic nitrogens is 1. The average molecular weight is 820 g/mol. The fourth-order valence-corrected chi connectivity index (χ4v) is 6.12. The number of ketones is 2. The van der Waals surface area contributed by atoms with Crippen molar-refractivity contribution >= 4 is 74.5 Å². The molecule has 0 aliphatic rings. The Morgan fingerprint density at radius 2 is 1.41 bits per heavy atom. The van der Waals surface area contributed by atoms with E-state index in [-0.39, 0.29) is 49.2 Å². The first-order valence-electron chi connectivity index (χ1n) is 18.6. The topological polar surface area (TPSA) is 252 Å². The Morgan fingerprint density at radius 1 is 0.759 bits per heavy atom. The van der Waals surface area contributed by atoms with Crippen LogP contribution in [0.15, 0.2) is 48.5 Å². The summed E-state index contributed by atoms with van der Waals surface area (Å²) < 4.78 is 11.1. The number of anilines is 1. The molecule has 310 valence electrons. The first kappa shape index (κ1) is 46.2. The van der Waals surface area contributed by atoms with Crippen LogP contribution in [0.5, 0.6) is 0 Å². The van der Waals surface area contributed by atoms with Crippen molar-refractivity contribution in [1.82, 2.24) is 26.3 Å². The summed E-state index contributed by atoms with van der Waals surface area (Å²) in [6, 6.07) is 9.83. The number of hydrogen-bond donors (Lipinski definition) is 5. The minimum absolute atomic E-state index is 0.0170. The molecule has 17 nitrogen and oxygen atoms in total. The van der Waals surface area contributed by atoms with Gasteiger partial charge in [-0.3, -0.25) is 28.8 Å². The SMILES string of the molecule is CC(=O)CCC(NC(=O)C(CC(=O)OCC(C)C)NC(=O)OCc1ccccc1)C(=O)NC(C(=O)NC(CC(C)=O)C(=O)Nc1ccc2nc(C#N)sc2c1)C(C)C. The molecule has 4 atom stereocenters. The number of hydrogen-bond acceptors (Lipinski definition) is 13. The number of nitrogens with one attached hydrogen (secondary N) is 5. The van der Waals surface area contributed by atoms with Gasteiger partial charge < -0.3 is 40.9 Å². The predicted octanol–water partition coefficient (Wildman–Crippen LogP) is 3.45. The van der Waals surface area contributed by atoms with Gasteiger partial charge in [-0.25, -0.2) is 9.78 Å². The van der Waals surface area contributed by atoms with Gasteiger partial charge in [-0.05, 0) is 55.9 Å². The molecule has 3 aromatic rings. The van der Waals surface area contributed by atoms with Crippen LogP contribution in [-0.2, 0) is 49.6 Å². The highest BCUT2D eigenvalue weighted by molar-refractivity contribution is 7.19. The third kappa shape index (κ3) is 15.4. The Bertz CT molecular complexity index is 2010. The number of nitrogens with zero attached hydrogens (tertiary/aromatic N) is 2. The molecule has 4 unspecified atom stereocenters. The average Bonchev–Trinajstić information content (AvgIpc) is 3.59. The minimum Gasteiger partial charge on any atom is -0.465 e. The number of amides is 5. The Kier molecular flexibility index (Phi) is 17.9. The fraction of sp³-hybridized carbons (Fsp3) is 0.450. The van der Waals surface area contributed by atoms with Gasteiger partial charge in [0.1, 0.15) is 48.4 Å². The summed E-state index contributed by atoms with van der Waals surface area (Å²) in [5, 5.41) is 22.0. The predicted molar refractivity (Wildman–Crippen MR) is 213 cm³/mol. The van der Waals surface area contributed by atoms with E-state index < -0.39 is 78.0 Å². The molecule has 3 rings (SSSR count). The van der Waals surface area contributed by atoms with Gasteiger partial charge in [-0.15, -0.1) is 11.3 Å². The van der Waals surface area contributed by atoms with Gasteiger partial charge >= 0.3 is 12.1 Å². The van der Waals surface area contributed by atoms with Crippen LogP contribution >= 0.6 is 11.3 Å². The van der Waals surface area contributed by atoms with Crippen molar-refractivity contribution in [3.63, 3.8) is 0 Å². The molecular formula is C40H49N7O10S. The molecule has 0 radical (unpaired) electrons. The van der Waals surface area contributed by atoms with Gasteiger partial charge in [-0.2, -0.15) is 5.26 Å². The van der Waals surface area contributed by atoms with E-state index in [4.69, 9.17) is 9.47 Å². The lowest BCUT2D eigenvalue weighted by atomic mass is 10.0. The van der Waals surface area contributed by atoms with Crippen molar-refractivity contribution < 1.29 is 47.8 Å². The second kappa shape index (κ2) is 22.5. The molecule has 2 aromatic carbocycles. The maximum absolute atomic E-state index is 13.8. The third-order valence-electron chi connectivity index (χ3n) is 8.31. The number of thiazole rings is 1. The number of alkyl carbamates (subject to hydrolysis) is 1. The molecule has 0 spiro atoms. The lowest BCUT2D eigenvalue weighted by Crippen LogP contribution is -2.59. The summed E-state index contributed by atoms with van der Waals surface area (Å²) in [5.41, 5.74) is 1.55. The largest absolute Gasteiger partial charge is 0.465 e. The van der Waals surface area contributed by atoms with Crippen molar-refractivity contribution in [2.75, 3.05) is 11.9 Å². The van der Waals surface area contributed by atoms with Crippen molar-refractivity contribution in [1.29, 1.82) is 5.26 Å². The first-order chi connectivity index (χ1) is 27.4. The third-order valence-corrected chi connectivity index (χ3v) is 9.23. The van der Waals surface area contributed by atoms with Crippen molar-refractivity contribution in [3.05, 3.63) is 59.1 Å². The maximum atomic E-state index is 13.8. The zero-order valence-electron chi connectivity index (χ0n) is 33.2. The maximum Gasteiger partial charge on any atom is 0.408 e. The minimum atomic E-state index is -1.56. The van der Waals surface area contributed by atoms with Gasteiger partial charge in [0, 0.05) is 18.5 Å². The smallest absolute Gasteiger partial charge is 0.408 e. The molecule has 5 amide bonds. The number of carbonyl (C=O) groups excluding carboxylic acids is 8. The zero-order chi connectivity index (χ0) is 42.9. The van der Waals surface area contributed by atoms with Crippen LogP contribution in [0, 0.1) is 23.2 Å². The molecule has 0 fully saturated rings. The van der Waals surface area contributed by atoms with E-state index in [9.17, 15) is 43.6 Å². The van der Waals surface area contributed by atoms with Crippen LogP contribution in [-0.4, -0.2) is 83.0 Å². The lowest BCUT2D eigenvalue weighted by Gasteiger charge is -2.28. The van der Waals surface area contributed by atoms with Crippen LogP contribution in [0.4, 0.5) is 10.5 Å². The zero-order valence-corrected chi connectivity index (χ0v) is 34.0. The molecule has 1 heterocycles. The van der Waals surface area contributed by atoms with Crippen molar-refractivity contribution in [2.45, 2.75) is 98.0 Å². The molecule has 0 saturated carbocycles. The second-order valence-corrected chi connectivity index (χ2v) is 15.4. The molecule has 18 heteroatoms. The van der Waals surface area contributed by atoms with Gasteiger partial charge in [-0.1, -0.05) is 58.0 Å². The summed E-state index contributed by atoms with van der Waals surface area (Å²) in [6.45, 7) is 9.33. The molecule has 0 saturated heterocycles. The molecular weight excluding hydrogens is 771 g/mol. The summed E-state index contributed by atoms with van der Waals surface area (Å²) >= 11 is 1.12. The van der Waals surface area contributed by atoms with Gasteiger partial charge in [0.15, 0.2) is 5.01 Å². The number of carbonyl (C=O) groups is 8. The number of Topliss-reactive ketones (excluding diaryl/α,β-unsaturated/α-hetero) is 2. The van der Waals surface area contributed by atoms with Crippen molar-refractivity contribution in [3.8, 4) is 6.07 Å². The Balaban J connectivity index is 1.78. The Morgan fingerprint density at radius 3 is 2.03 bits per heavy atom. The summed E-state index contributed by atoms with van der Waals surface area (Å²) in [5.74, 6) is -5.50. The van der Waals surface area contributed by atoms with E-state index in [2.05, 4.69) is 31.6 Å². The van der Waals surface area contributed by atoms with Crippen LogP contribution < -0.4 is 26.6 Å². The molecule has 0 aliphatic carbocycles. The highest BCUT2D eigenvalue weighted by Gasteiger charge is 2.34. The summed E-state index contributed by atoms with van der Waals surface area (Å²) in [7, 11) is 0. The van der Waals surface area contributed by atoms with Crippen LogP contribution in [0.25, 0.3) is 10.2 Å². The number of benzene rings is 2. The first-order valence-corrected chi connectivity index (χ1v) is 19.4. The van der Waals surface area contributed by atoms with E-state index in [1.807, 2.05) is 19.9 Å². The van der Waals surface area contributed by atoms with E-state index in [1.165, 1.54) is 13.8 Å². The van der Waals surface area contributed by atoms with E-state index in [0.717, 1.165) is 11.3 Å². The molecule has 5 N–H and O–H groups in total. The van der Waals surface area contributed by atoms with Gasteiger partial charge in [0.25, 0.3) is 0 Å². The quantitative estimate of drug-likeness (QED) is 0.0970. The highest BCUT2D eigenvalue weighted by Crippen LogP contribution is 2.25. The number of fused-ring (bicyclic) bond motifs is 1. The number of rotatable bonds is 21. The van der Waals surface area contributed by atoms with Crippen LogP contribution in [0.3, 0.4) is 0 Å². The van der Waals surface area contributed by atoms with Crippen LogP contribution in [0.1, 0.15) is 77.8 Å². The van der Waals surface area contributed by atoms with E-state index in [1.54, 1.807) is 62.4 Å². The molecule has 0 bridgehead atoms. The van der Waals surface area contributed by atoms with Crippen molar-refractivity contribution in [2.24, 2.45) is 11.8 Å². The van der Waals surface area contributed by atoms with Gasteiger partial charge in [0.05, 0.1) is 23.2 Å². The second-order valence-electron chi connectivity index (χ2n) is 14.3. The Hall–Kier alpha value is -6.22. The molecule has 1 aromatic heterocycles. The highest BCUT2D eigenvalue weighted by atomic mass is 32.1. The standard InChI is InChI=1S/C40H49N7O10S/c1-22(2)20-56-34(50)18-31(46-40(55)57-21-26-10-8-7-9-11-26)38(53)44-29(14-12-24(5)48)36(51)47-35(23(3)4)39(54)45-30(16-25(6)49)37(52)42-27-13-15-28-32(17-27)58-33(19-41)43-28/h7-11,13,15,17,22-23,29-31,35H,12,14,16,18,20-21H2,1-6H3,(H,42,52)(H,44,53)(H,45,54)(H,46,55)(H,47,51). The summed E-state index contributed by atoms with van der Waals surface area (Å²) in [6.07, 6.45) is -2.39. The molecule has 0 aliphatic heterocycles. The lowest BCUT2D eigenvalue weighted by molar-refractivity contribution is -0.147. The number of nitriles is 1. The fourth-order valence-electron chi connectivity index (χ4n) is 5.32. The monoisotopic (exact) mass is 819 g/mol. The van der Waals surface area contributed by atoms with Gasteiger partial charge in [0.2, 0.25) is 23.6 Å². The number of esters is 1. The van der Waals surface area contributed by atoms with Crippen LogP contribution in [0.2, 0.25) is 0 Å². The number of ether oxygens (including phenoxy) is 2. The van der Waals surface area contributed by atoms with E-state index in [0.29, 0.717) is 21.5 Å². The Labute approximate surface area is 340 Å². The van der Waals surface area contributed by atoms with E-state index >= 15 is 0 Å².